The van der Waals surface area contributed by atoms with Gasteiger partial charge in [0.15, 0.2) is 0 Å². The maximum atomic E-state index is 14.0. The topological polar surface area (TPSA) is 129 Å². The molecule has 152 valence electrons. The average Bonchev–Trinajstić information content (AvgIpc) is 2.68. The summed E-state index contributed by atoms with van der Waals surface area (Å²) < 4.78 is 14.0. The number of carboxylic acid groups (broad SMARTS) is 2. The van der Waals surface area contributed by atoms with Crippen molar-refractivity contribution in [3.05, 3.63) is 59.9 Å². The van der Waals surface area contributed by atoms with Crippen LogP contribution in [0.25, 0.3) is 11.1 Å². The number of rotatable bonds is 8. The van der Waals surface area contributed by atoms with Crippen molar-refractivity contribution in [2.45, 2.75) is 38.1 Å². The molecule has 0 bridgehead atoms. The fraction of sp³-hybridized carbons (Fsp3) is 0.333. The number of aliphatic carboxylic acids is 2. The molecule has 5 N–H and O–H groups in total. The van der Waals surface area contributed by atoms with Crippen LogP contribution in [0.3, 0.4) is 0 Å². The van der Waals surface area contributed by atoms with Gasteiger partial charge in [0.1, 0.15) is 5.82 Å². The summed E-state index contributed by atoms with van der Waals surface area (Å²) in [6.45, 7) is 2.12. The van der Waals surface area contributed by atoms with E-state index in [0.29, 0.717) is 24.1 Å². The first-order valence-electron chi connectivity index (χ1n) is 9.02. The Labute approximate surface area is 164 Å². The van der Waals surface area contributed by atoms with Gasteiger partial charge >= 0.3 is 5.97 Å². The van der Waals surface area contributed by atoms with Crippen LogP contribution in [-0.2, 0) is 9.59 Å². The lowest BCUT2D eigenvalue weighted by molar-refractivity contribution is -0.307. The second kappa shape index (κ2) is 11.8. The number of carbonyl (C=O) groups excluding carboxylic acids is 1. The maximum Gasteiger partial charge on any atom is 0.310 e. The standard InChI is InChI=1S/C15H13FO2.C6H14N2O2/c1-10(15(17)18)12-7-8-13(14(16)9-12)11-5-3-2-4-6-11;7-4-2-1-3-5(8)6(9)10/h2-10H,1H3,(H,17,18);5H,1-4,7-8H2,(H,9,10)/p-1. The van der Waals surface area contributed by atoms with Gasteiger partial charge in [-0.3, -0.25) is 4.79 Å². The van der Waals surface area contributed by atoms with Crippen LogP contribution in [0.2, 0.25) is 0 Å². The summed E-state index contributed by atoms with van der Waals surface area (Å²) in [5, 5.41) is 18.9. The third-order valence-electron chi connectivity index (χ3n) is 4.22. The molecule has 0 aliphatic rings. The summed E-state index contributed by atoms with van der Waals surface area (Å²) in [6.07, 6.45) is 2.03. The summed E-state index contributed by atoms with van der Waals surface area (Å²) >= 11 is 0. The zero-order valence-electron chi connectivity index (χ0n) is 15.8. The van der Waals surface area contributed by atoms with Gasteiger partial charge in [-0.1, -0.05) is 48.9 Å². The van der Waals surface area contributed by atoms with Gasteiger partial charge in [0.25, 0.3) is 0 Å². The predicted octanol–water partition coefficient (Wildman–Crippen LogP) is 1.87. The van der Waals surface area contributed by atoms with Crippen molar-refractivity contribution in [1.29, 1.82) is 0 Å². The van der Waals surface area contributed by atoms with Crippen molar-refractivity contribution in [2.75, 3.05) is 6.54 Å². The van der Waals surface area contributed by atoms with Gasteiger partial charge in [-0.15, -0.1) is 0 Å². The van der Waals surface area contributed by atoms with Gasteiger partial charge in [0, 0.05) is 11.6 Å². The molecule has 6 nitrogen and oxygen atoms in total. The van der Waals surface area contributed by atoms with E-state index in [-0.39, 0.29) is 0 Å². The lowest BCUT2D eigenvalue weighted by atomic mass is 9.97. The smallest absolute Gasteiger partial charge is 0.310 e. The van der Waals surface area contributed by atoms with Crippen LogP contribution in [0.4, 0.5) is 4.39 Å². The van der Waals surface area contributed by atoms with Crippen LogP contribution < -0.4 is 16.6 Å². The Morgan fingerprint density at radius 2 is 1.79 bits per heavy atom. The van der Waals surface area contributed by atoms with Crippen LogP contribution in [0, 0.1) is 5.82 Å². The number of hydrogen-bond donors (Lipinski definition) is 3. The molecule has 0 amide bonds. The molecule has 0 aliphatic carbocycles. The molecule has 0 aliphatic heterocycles. The quantitative estimate of drug-likeness (QED) is 0.591. The van der Waals surface area contributed by atoms with Gasteiger partial charge in [-0.25, -0.2) is 4.39 Å². The average molecular weight is 389 g/mol. The van der Waals surface area contributed by atoms with Crippen LogP contribution >= 0.6 is 0 Å². The number of halogens is 1. The van der Waals surface area contributed by atoms with E-state index in [1.807, 2.05) is 30.3 Å². The van der Waals surface area contributed by atoms with E-state index in [2.05, 4.69) is 0 Å². The Balaban J connectivity index is 0.000000336. The molecule has 0 aromatic heterocycles. The monoisotopic (exact) mass is 389 g/mol. The Morgan fingerprint density at radius 1 is 1.14 bits per heavy atom. The van der Waals surface area contributed by atoms with E-state index in [0.717, 1.165) is 18.4 Å². The SMILES string of the molecule is CC(C(=O)O)c1ccc(-c2ccccc2)c(F)c1.NCCCCC(N)C(=O)[O-]. The Bertz CT molecular complexity index is 768. The Hall–Kier alpha value is -2.77. The third kappa shape index (κ3) is 7.46. The number of nitrogens with two attached hydrogens (primary N) is 2. The first kappa shape index (κ1) is 23.3. The molecule has 2 aromatic carbocycles. The molecular formula is C21H26FN2O4-. The largest absolute Gasteiger partial charge is 0.548 e. The van der Waals surface area contributed by atoms with Crippen LogP contribution in [0.1, 0.15) is 37.7 Å². The zero-order chi connectivity index (χ0) is 21.1. The minimum Gasteiger partial charge on any atom is -0.548 e. The van der Waals surface area contributed by atoms with E-state index < -0.39 is 29.7 Å². The highest BCUT2D eigenvalue weighted by atomic mass is 19.1. The van der Waals surface area contributed by atoms with Crippen molar-refractivity contribution in [3.8, 4) is 11.1 Å². The van der Waals surface area contributed by atoms with Crippen molar-refractivity contribution in [1.82, 2.24) is 0 Å². The normalized spacial score (nSPS) is 12.4. The molecule has 2 rings (SSSR count). The van der Waals surface area contributed by atoms with E-state index in [1.54, 1.807) is 19.1 Å². The fourth-order valence-electron chi connectivity index (χ4n) is 2.42. The van der Waals surface area contributed by atoms with E-state index >= 15 is 0 Å². The van der Waals surface area contributed by atoms with Crippen molar-refractivity contribution in [2.24, 2.45) is 11.5 Å². The molecule has 0 heterocycles. The highest BCUT2D eigenvalue weighted by Crippen LogP contribution is 2.26. The second-order valence-electron chi connectivity index (χ2n) is 6.38. The van der Waals surface area contributed by atoms with Gasteiger partial charge in [0.05, 0.1) is 11.9 Å². The highest BCUT2D eigenvalue weighted by Gasteiger charge is 2.15. The van der Waals surface area contributed by atoms with Crippen molar-refractivity contribution in [3.63, 3.8) is 0 Å². The molecule has 0 saturated carbocycles. The molecule has 2 atom stereocenters. The first-order chi connectivity index (χ1) is 13.3. The third-order valence-corrected chi connectivity index (χ3v) is 4.22. The molecule has 2 aromatic rings. The van der Waals surface area contributed by atoms with Gasteiger partial charge in [-0.2, -0.15) is 0 Å². The lowest BCUT2D eigenvalue weighted by Crippen LogP contribution is -2.41. The van der Waals surface area contributed by atoms with Crippen molar-refractivity contribution >= 4 is 11.9 Å². The first-order valence-corrected chi connectivity index (χ1v) is 9.02. The van der Waals surface area contributed by atoms with Gasteiger partial charge < -0.3 is 26.5 Å². The molecule has 7 heteroatoms. The number of carbonyl (C=O) groups is 2. The van der Waals surface area contributed by atoms with Gasteiger partial charge in [-0.05, 0) is 43.5 Å². The summed E-state index contributed by atoms with van der Waals surface area (Å²) in [5.41, 5.74) is 12.1. The molecule has 0 saturated heterocycles. The summed E-state index contributed by atoms with van der Waals surface area (Å²) in [5.74, 6) is -3.24. The number of carboxylic acids is 2. The predicted molar refractivity (Wildman–Crippen MR) is 104 cm³/mol. The van der Waals surface area contributed by atoms with Crippen LogP contribution in [0.15, 0.2) is 48.5 Å². The highest BCUT2D eigenvalue weighted by molar-refractivity contribution is 5.76. The van der Waals surface area contributed by atoms with E-state index in [1.165, 1.54) is 6.07 Å². The van der Waals surface area contributed by atoms with Crippen LogP contribution in [0.5, 0.6) is 0 Å². The molecule has 0 fully saturated rings. The van der Waals surface area contributed by atoms with Crippen molar-refractivity contribution < 1.29 is 24.2 Å². The number of hydrogen-bond acceptors (Lipinski definition) is 5. The molecule has 0 spiro atoms. The van der Waals surface area contributed by atoms with Gasteiger partial charge in [0.2, 0.25) is 0 Å². The fourth-order valence-corrected chi connectivity index (χ4v) is 2.42. The lowest BCUT2D eigenvalue weighted by Gasteiger charge is -2.10. The molecule has 28 heavy (non-hydrogen) atoms. The number of benzene rings is 2. The number of unbranched alkanes of at least 4 members (excludes halogenated alkanes) is 1. The molecule has 0 radical (unpaired) electrons. The molecule has 2 unspecified atom stereocenters. The second-order valence-corrected chi connectivity index (χ2v) is 6.38. The summed E-state index contributed by atoms with van der Waals surface area (Å²) in [4.78, 5) is 20.9. The zero-order valence-corrected chi connectivity index (χ0v) is 15.8. The van der Waals surface area contributed by atoms with E-state index in [9.17, 15) is 19.1 Å². The van der Waals surface area contributed by atoms with Crippen LogP contribution in [-0.4, -0.2) is 29.6 Å². The molecular weight excluding hydrogens is 363 g/mol. The van der Waals surface area contributed by atoms with E-state index in [4.69, 9.17) is 16.6 Å². The Kier molecular flexibility index (Phi) is 9.84. The summed E-state index contributed by atoms with van der Waals surface area (Å²) in [7, 11) is 0. The Morgan fingerprint density at radius 3 is 2.29 bits per heavy atom. The minimum absolute atomic E-state index is 0.396. The maximum absolute atomic E-state index is 14.0. The summed E-state index contributed by atoms with van der Waals surface area (Å²) in [6, 6.07) is 12.9. The minimum atomic E-state index is -1.18.